The number of hydrogen-bond donors (Lipinski definition) is 2. The van der Waals surface area contributed by atoms with Gasteiger partial charge < -0.3 is 19.4 Å². The van der Waals surface area contributed by atoms with Gasteiger partial charge in [0.15, 0.2) is 11.6 Å². The van der Waals surface area contributed by atoms with Crippen molar-refractivity contribution in [2.75, 3.05) is 14.2 Å². The summed E-state index contributed by atoms with van der Waals surface area (Å²) in [6.07, 6.45) is 5.87. The van der Waals surface area contributed by atoms with Crippen molar-refractivity contribution < 1.29 is 28.7 Å². The Hall–Kier alpha value is -5.02. The fourth-order valence-electron chi connectivity index (χ4n) is 5.72. The van der Waals surface area contributed by atoms with Crippen molar-refractivity contribution in [2.45, 2.75) is 13.1 Å². The number of ether oxygens (including phenoxy) is 2. The number of rotatable bonds is 10. The molecule has 0 spiro atoms. The van der Waals surface area contributed by atoms with Crippen LogP contribution in [-0.4, -0.2) is 66.0 Å². The normalized spacial score (nSPS) is 16.5. The third kappa shape index (κ3) is 6.38. The average Bonchev–Trinajstić information content (AvgIpc) is 3.86. The van der Waals surface area contributed by atoms with E-state index in [1.54, 1.807) is 50.9 Å². The lowest BCUT2D eigenvalue weighted by atomic mass is 10.1. The SMILES string of the molecule is COc1ccc2[nH]cc(C(=O)/C=C3\SC(=S)N(Cc4cccc(CN5C(=O)/C(=C/C(=O)c6c[nH]c7ccc(OC)cc67)SC5=S)c4)C3=O)c2c1. The van der Waals surface area contributed by atoms with Crippen LogP contribution in [0.4, 0.5) is 0 Å². The summed E-state index contributed by atoms with van der Waals surface area (Å²) in [6, 6.07) is 18.2. The number of benzene rings is 3. The smallest absolute Gasteiger partial charge is 0.266 e. The molecule has 7 rings (SSSR count). The van der Waals surface area contributed by atoms with E-state index in [0.717, 1.165) is 45.7 Å². The topological polar surface area (TPSA) is 125 Å². The van der Waals surface area contributed by atoms with Gasteiger partial charge in [0.1, 0.15) is 20.1 Å². The van der Waals surface area contributed by atoms with Crippen molar-refractivity contribution in [3.63, 3.8) is 0 Å². The lowest BCUT2D eigenvalue weighted by Crippen LogP contribution is -2.28. The van der Waals surface area contributed by atoms with Crippen LogP contribution in [0, 0.1) is 0 Å². The maximum Gasteiger partial charge on any atom is 0.266 e. The standard InChI is InChI=1S/C36H26N4O6S4/c1-45-21-6-8-27-23(11-21)25(15-37-27)29(41)13-31-33(43)39(35(47)49-31)17-19-4-3-5-20(10-19)18-40-34(44)32(50-36(40)48)14-30(42)26-16-38-28-9-7-22(46-2)12-24(26)28/h3-16,37-38H,17-18H2,1-2H3/b31-13-,32-14-. The summed E-state index contributed by atoms with van der Waals surface area (Å²) in [4.78, 5) is 62.8. The molecular weight excluding hydrogens is 713 g/mol. The fourth-order valence-corrected chi connectivity index (χ4v) is 8.17. The molecule has 0 aliphatic carbocycles. The number of nitrogens with one attached hydrogen (secondary N) is 2. The minimum absolute atomic E-state index is 0.177. The van der Waals surface area contributed by atoms with E-state index in [2.05, 4.69) is 9.97 Å². The van der Waals surface area contributed by atoms with Crippen molar-refractivity contribution in [1.29, 1.82) is 0 Å². The predicted octanol–water partition coefficient (Wildman–Crippen LogP) is 6.92. The largest absolute Gasteiger partial charge is 0.497 e. The molecule has 4 heterocycles. The van der Waals surface area contributed by atoms with Crippen LogP contribution in [0.2, 0.25) is 0 Å². The Morgan fingerprint density at radius 1 is 0.700 bits per heavy atom. The number of thioether (sulfide) groups is 2. The zero-order valence-electron chi connectivity index (χ0n) is 26.5. The van der Waals surface area contributed by atoms with E-state index >= 15 is 0 Å². The summed E-state index contributed by atoms with van der Waals surface area (Å²) < 4.78 is 11.3. The fraction of sp³-hybridized carbons (Fsp3) is 0.111. The summed E-state index contributed by atoms with van der Waals surface area (Å²) in [5, 5.41) is 1.38. The van der Waals surface area contributed by atoms with Gasteiger partial charge in [0.2, 0.25) is 0 Å². The number of aromatic amines is 2. The first kappa shape index (κ1) is 33.5. The van der Waals surface area contributed by atoms with Gasteiger partial charge in [-0.25, -0.2) is 0 Å². The number of allylic oxidation sites excluding steroid dienone is 2. The zero-order valence-corrected chi connectivity index (χ0v) is 29.7. The number of carbonyl (C=O) groups is 4. The first-order valence-corrected chi connectivity index (χ1v) is 17.6. The molecule has 50 heavy (non-hydrogen) atoms. The third-order valence-electron chi connectivity index (χ3n) is 8.25. The molecule has 3 aromatic carbocycles. The molecule has 2 fully saturated rings. The van der Waals surface area contributed by atoms with E-state index < -0.39 is 0 Å². The summed E-state index contributed by atoms with van der Waals surface area (Å²) >= 11 is 13.2. The third-order valence-corrected chi connectivity index (χ3v) is 11.0. The molecule has 0 atom stereocenters. The second-order valence-electron chi connectivity index (χ2n) is 11.3. The van der Waals surface area contributed by atoms with Gasteiger partial charge in [0, 0.05) is 57.5 Å². The number of aromatic nitrogens is 2. The van der Waals surface area contributed by atoms with Crippen LogP contribution in [-0.2, 0) is 22.7 Å². The Kier molecular flexibility index (Phi) is 9.18. The molecular formula is C36H26N4O6S4. The molecule has 10 nitrogen and oxygen atoms in total. The minimum Gasteiger partial charge on any atom is -0.497 e. The zero-order chi connectivity index (χ0) is 35.1. The molecule has 0 bridgehead atoms. The molecule has 2 aliphatic heterocycles. The first-order chi connectivity index (χ1) is 24.1. The molecule has 5 aromatic rings. The van der Waals surface area contributed by atoms with Crippen LogP contribution < -0.4 is 9.47 Å². The summed E-state index contributed by atoms with van der Waals surface area (Å²) in [5.41, 5.74) is 3.95. The number of H-pyrrole nitrogens is 2. The molecule has 0 radical (unpaired) electrons. The molecule has 2 saturated heterocycles. The lowest BCUT2D eigenvalue weighted by Gasteiger charge is -2.17. The van der Waals surface area contributed by atoms with Gasteiger partial charge in [0.25, 0.3) is 11.8 Å². The molecule has 250 valence electrons. The quantitative estimate of drug-likeness (QED) is 0.0887. The molecule has 2 amide bonds. The van der Waals surface area contributed by atoms with Crippen molar-refractivity contribution in [2.24, 2.45) is 0 Å². The Morgan fingerprint density at radius 2 is 1.14 bits per heavy atom. The van der Waals surface area contributed by atoms with E-state index in [4.69, 9.17) is 33.9 Å². The lowest BCUT2D eigenvalue weighted by molar-refractivity contribution is -0.123. The van der Waals surface area contributed by atoms with Crippen molar-refractivity contribution in [3.05, 3.63) is 117 Å². The van der Waals surface area contributed by atoms with Gasteiger partial charge >= 0.3 is 0 Å². The molecule has 0 saturated carbocycles. The number of methoxy groups -OCH3 is 2. The highest BCUT2D eigenvalue weighted by atomic mass is 32.2. The Balaban J connectivity index is 1.03. The highest BCUT2D eigenvalue weighted by molar-refractivity contribution is 8.27. The molecule has 2 aliphatic rings. The Labute approximate surface area is 304 Å². The van der Waals surface area contributed by atoms with Gasteiger partial charge in [-0.15, -0.1) is 0 Å². The van der Waals surface area contributed by atoms with Crippen LogP contribution >= 0.6 is 48.0 Å². The Morgan fingerprint density at radius 3 is 1.56 bits per heavy atom. The number of hydrogen-bond acceptors (Lipinski definition) is 10. The molecule has 0 unspecified atom stereocenters. The van der Waals surface area contributed by atoms with Crippen molar-refractivity contribution in [3.8, 4) is 11.5 Å². The number of carbonyl (C=O) groups excluding carboxylic acids is 4. The van der Waals surface area contributed by atoms with Crippen LogP contribution in [0.1, 0.15) is 31.8 Å². The second-order valence-corrected chi connectivity index (χ2v) is 14.7. The van der Waals surface area contributed by atoms with Gasteiger partial charge in [0.05, 0.1) is 37.1 Å². The van der Waals surface area contributed by atoms with Gasteiger partial charge in [-0.05, 0) is 47.5 Å². The van der Waals surface area contributed by atoms with Crippen LogP contribution in [0.5, 0.6) is 11.5 Å². The number of fused-ring (bicyclic) bond motifs is 2. The highest BCUT2D eigenvalue weighted by Crippen LogP contribution is 2.35. The summed E-state index contributed by atoms with van der Waals surface area (Å²) in [5.74, 6) is -0.150. The predicted molar refractivity (Wildman–Crippen MR) is 202 cm³/mol. The van der Waals surface area contributed by atoms with Crippen molar-refractivity contribution in [1.82, 2.24) is 19.8 Å². The average molecular weight is 739 g/mol. The number of nitrogens with zero attached hydrogens (tertiary/aromatic N) is 2. The molecule has 14 heteroatoms. The van der Waals surface area contributed by atoms with Crippen LogP contribution in [0.15, 0.2) is 95.0 Å². The van der Waals surface area contributed by atoms with E-state index in [1.807, 2.05) is 36.4 Å². The monoisotopic (exact) mass is 738 g/mol. The van der Waals surface area contributed by atoms with Gasteiger partial charge in [-0.3, -0.25) is 29.0 Å². The van der Waals surface area contributed by atoms with Gasteiger partial charge in [-0.1, -0.05) is 72.2 Å². The highest BCUT2D eigenvalue weighted by Gasteiger charge is 2.34. The minimum atomic E-state index is -0.364. The number of amides is 2. The van der Waals surface area contributed by atoms with Gasteiger partial charge in [-0.2, -0.15) is 0 Å². The second kappa shape index (κ2) is 13.7. The number of thiocarbonyl (C=S) groups is 2. The summed E-state index contributed by atoms with van der Waals surface area (Å²) in [6.45, 7) is 0.354. The number of ketones is 2. The van der Waals surface area contributed by atoms with Crippen LogP contribution in [0.3, 0.4) is 0 Å². The van der Waals surface area contributed by atoms with E-state index in [9.17, 15) is 19.2 Å². The molecule has 2 N–H and O–H groups in total. The Bertz CT molecular complexity index is 2200. The van der Waals surface area contributed by atoms with Crippen molar-refractivity contribution >= 4 is 102 Å². The maximum atomic E-state index is 13.4. The van der Waals surface area contributed by atoms with E-state index in [1.165, 1.54) is 22.0 Å². The van der Waals surface area contributed by atoms with Crippen LogP contribution in [0.25, 0.3) is 21.8 Å². The van der Waals surface area contributed by atoms with E-state index in [-0.39, 0.29) is 46.3 Å². The summed E-state index contributed by atoms with van der Waals surface area (Å²) in [7, 11) is 3.11. The van der Waals surface area contributed by atoms with E-state index in [0.29, 0.717) is 42.0 Å². The maximum absolute atomic E-state index is 13.4. The first-order valence-electron chi connectivity index (χ1n) is 15.1. The molecule has 2 aromatic heterocycles.